The second kappa shape index (κ2) is 5.84. The zero-order valence-corrected chi connectivity index (χ0v) is 10.3. The third kappa shape index (κ3) is 3.21. The minimum atomic E-state index is -0.0311. The summed E-state index contributed by atoms with van der Waals surface area (Å²) < 4.78 is 5.28. The molecule has 1 amide bonds. The van der Waals surface area contributed by atoms with Crippen LogP contribution in [-0.2, 0) is 16.0 Å². The number of hydrogen-bond acceptors (Lipinski definition) is 4. The molecular weight excluding hydrogens is 232 g/mol. The van der Waals surface area contributed by atoms with Gasteiger partial charge >= 0.3 is 0 Å². The van der Waals surface area contributed by atoms with Crippen molar-refractivity contribution in [2.24, 2.45) is 0 Å². The molecule has 1 aliphatic rings. The lowest BCUT2D eigenvalue weighted by Crippen LogP contribution is -2.44. The van der Waals surface area contributed by atoms with Gasteiger partial charge in [0.15, 0.2) is 0 Å². The fourth-order valence-electron chi connectivity index (χ4n) is 2.10. The molecule has 1 unspecified atom stereocenters. The van der Waals surface area contributed by atoms with Crippen LogP contribution in [0.4, 0.5) is 0 Å². The van der Waals surface area contributed by atoms with Crippen LogP contribution in [0.2, 0.25) is 0 Å². The first-order valence-corrected chi connectivity index (χ1v) is 6.00. The molecule has 1 aliphatic heterocycles. The number of phenols is 1. The predicted octanol–water partition coefficient (Wildman–Crippen LogP) is 0.0377. The van der Waals surface area contributed by atoms with Crippen LogP contribution in [0.1, 0.15) is 5.56 Å². The molecule has 1 heterocycles. The van der Waals surface area contributed by atoms with E-state index in [0.717, 1.165) is 18.7 Å². The molecule has 2 rings (SSSR count). The van der Waals surface area contributed by atoms with Crippen molar-refractivity contribution in [3.63, 3.8) is 0 Å². The smallest absolute Gasteiger partial charge is 0.224 e. The average molecular weight is 250 g/mol. The Balaban J connectivity index is 1.86. The molecule has 5 heteroatoms. The third-order valence-corrected chi connectivity index (χ3v) is 3.11. The van der Waals surface area contributed by atoms with Crippen molar-refractivity contribution >= 4 is 5.91 Å². The van der Waals surface area contributed by atoms with Gasteiger partial charge < -0.3 is 20.5 Å². The fourth-order valence-corrected chi connectivity index (χ4v) is 2.10. The van der Waals surface area contributed by atoms with Crippen LogP contribution in [-0.4, -0.2) is 43.4 Å². The molecule has 0 bridgehead atoms. The lowest BCUT2D eigenvalue weighted by Gasteiger charge is -2.18. The Bertz CT molecular complexity index is 405. The van der Waals surface area contributed by atoms with Crippen molar-refractivity contribution in [1.82, 2.24) is 10.6 Å². The number of amides is 1. The van der Waals surface area contributed by atoms with Crippen LogP contribution in [0.25, 0.3) is 0 Å². The maximum absolute atomic E-state index is 11.9. The molecular formula is C13H18N2O3. The summed E-state index contributed by atoms with van der Waals surface area (Å²) >= 11 is 0. The lowest BCUT2D eigenvalue weighted by atomic mass is 10.1. The Hall–Kier alpha value is -1.59. The highest BCUT2D eigenvalue weighted by molar-refractivity contribution is 5.79. The second-order valence-corrected chi connectivity index (χ2v) is 4.45. The van der Waals surface area contributed by atoms with Crippen molar-refractivity contribution < 1.29 is 14.6 Å². The maximum Gasteiger partial charge on any atom is 0.224 e. The molecule has 0 aliphatic carbocycles. The highest BCUT2D eigenvalue weighted by Crippen LogP contribution is 2.10. The lowest BCUT2D eigenvalue weighted by molar-refractivity contribution is -0.121. The zero-order chi connectivity index (χ0) is 13.0. The van der Waals surface area contributed by atoms with Crippen molar-refractivity contribution in [2.75, 3.05) is 20.2 Å². The molecule has 18 heavy (non-hydrogen) atoms. The van der Waals surface area contributed by atoms with Gasteiger partial charge in [0, 0.05) is 20.2 Å². The van der Waals surface area contributed by atoms with E-state index in [4.69, 9.17) is 9.84 Å². The van der Waals surface area contributed by atoms with Crippen molar-refractivity contribution in [1.29, 1.82) is 0 Å². The first kappa shape index (κ1) is 12.9. The number of benzene rings is 1. The molecule has 1 fully saturated rings. The molecule has 0 spiro atoms. The summed E-state index contributed by atoms with van der Waals surface area (Å²) in [6.45, 7) is 1.50. The molecule has 5 nitrogen and oxygen atoms in total. The zero-order valence-electron chi connectivity index (χ0n) is 10.3. The number of carbonyl (C=O) groups excluding carboxylic acids is 1. The van der Waals surface area contributed by atoms with Gasteiger partial charge in [0.2, 0.25) is 5.91 Å². The maximum atomic E-state index is 11.9. The van der Waals surface area contributed by atoms with Gasteiger partial charge in [-0.2, -0.15) is 0 Å². The Morgan fingerprint density at radius 3 is 2.83 bits per heavy atom. The number of ether oxygens (including phenoxy) is 1. The first-order valence-electron chi connectivity index (χ1n) is 6.00. The van der Waals surface area contributed by atoms with Gasteiger partial charge in [0.05, 0.1) is 18.6 Å². The van der Waals surface area contributed by atoms with E-state index in [9.17, 15) is 4.79 Å². The van der Waals surface area contributed by atoms with Crippen LogP contribution in [0.15, 0.2) is 24.3 Å². The quantitative estimate of drug-likeness (QED) is 0.705. The minimum absolute atomic E-state index is 0.0274. The number of nitrogens with one attached hydrogen (secondary N) is 2. The van der Waals surface area contributed by atoms with Crippen molar-refractivity contribution in [3.8, 4) is 5.75 Å². The van der Waals surface area contributed by atoms with E-state index >= 15 is 0 Å². The van der Waals surface area contributed by atoms with Gasteiger partial charge in [-0.15, -0.1) is 0 Å². The number of rotatable bonds is 4. The van der Waals surface area contributed by atoms with Crippen LogP contribution in [0.3, 0.4) is 0 Å². The highest BCUT2D eigenvalue weighted by Gasteiger charge is 2.27. The van der Waals surface area contributed by atoms with Crippen LogP contribution in [0.5, 0.6) is 5.75 Å². The van der Waals surface area contributed by atoms with Gasteiger partial charge in [-0.1, -0.05) is 12.1 Å². The van der Waals surface area contributed by atoms with Gasteiger partial charge in [-0.3, -0.25) is 4.79 Å². The summed E-state index contributed by atoms with van der Waals surface area (Å²) in [6.07, 6.45) is 0.349. The minimum Gasteiger partial charge on any atom is -0.508 e. The molecule has 0 radical (unpaired) electrons. The molecule has 1 aromatic carbocycles. The van der Waals surface area contributed by atoms with Crippen LogP contribution in [0, 0.1) is 0 Å². The van der Waals surface area contributed by atoms with Crippen LogP contribution >= 0.6 is 0 Å². The Morgan fingerprint density at radius 1 is 1.44 bits per heavy atom. The number of hydrogen-bond donors (Lipinski definition) is 3. The summed E-state index contributed by atoms with van der Waals surface area (Å²) in [5.41, 5.74) is 0.880. The summed E-state index contributed by atoms with van der Waals surface area (Å²) in [5.74, 6) is 0.176. The number of aromatic hydroxyl groups is 1. The molecule has 3 N–H and O–H groups in total. The van der Waals surface area contributed by atoms with Crippen molar-refractivity contribution in [2.45, 2.75) is 18.6 Å². The molecule has 2 atom stereocenters. The topological polar surface area (TPSA) is 70.6 Å². The molecule has 1 saturated heterocycles. The van der Waals surface area contributed by atoms with Gasteiger partial charge in [0.25, 0.3) is 0 Å². The van der Waals surface area contributed by atoms with Gasteiger partial charge in [0.1, 0.15) is 5.75 Å². The second-order valence-electron chi connectivity index (χ2n) is 4.45. The SMILES string of the molecule is CO[C@@H]1CNCC1NC(=O)Cc1ccc(O)cc1. The Kier molecular flexibility index (Phi) is 4.17. The van der Waals surface area contributed by atoms with Gasteiger partial charge in [-0.25, -0.2) is 0 Å². The van der Waals surface area contributed by atoms with E-state index in [-0.39, 0.29) is 23.8 Å². The molecule has 0 saturated carbocycles. The number of carbonyl (C=O) groups is 1. The largest absolute Gasteiger partial charge is 0.508 e. The van der Waals surface area contributed by atoms with E-state index in [1.807, 2.05) is 0 Å². The van der Waals surface area contributed by atoms with Crippen molar-refractivity contribution in [3.05, 3.63) is 29.8 Å². The predicted molar refractivity (Wildman–Crippen MR) is 67.4 cm³/mol. The Labute approximate surface area is 106 Å². The summed E-state index contributed by atoms with van der Waals surface area (Å²) in [7, 11) is 1.65. The van der Waals surface area contributed by atoms with Crippen LogP contribution < -0.4 is 10.6 Å². The standard InChI is InChI=1S/C13H18N2O3/c1-18-12-8-14-7-11(12)15-13(17)6-9-2-4-10(16)5-3-9/h2-5,11-12,14,16H,6-8H2,1H3,(H,15,17)/t11?,12-/m1/s1. The normalized spacial score (nSPS) is 22.9. The summed E-state index contributed by atoms with van der Waals surface area (Å²) in [4.78, 5) is 11.9. The monoisotopic (exact) mass is 250 g/mol. The molecule has 0 aromatic heterocycles. The molecule has 1 aromatic rings. The average Bonchev–Trinajstić information content (AvgIpc) is 2.79. The highest BCUT2D eigenvalue weighted by atomic mass is 16.5. The first-order chi connectivity index (χ1) is 8.69. The fraction of sp³-hybridized carbons (Fsp3) is 0.462. The molecule has 98 valence electrons. The van der Waals surface area contributed by atoms with E-state index in [2.05, 4.69) is 10.6 Å². The number of phenolic OH excluding ortho intramolecular Hbond substituents is 1. The van der Waals surface area contributed by atoms with E-state index in [0.29, 0.717) is 6.42 Å². The third-order valence-electron chi connectivity index (χ3n) is 3.11. The summed E-state index contributed by atoms with van der Waals surface area (Å²) in [5, 5.41) is 15.3. The number of methoxy groups -OCH3 is 1. The van der Waals surface area contributed by atoms with Gasteiger partial charge in [-0.05, 0) is 17.7 Å². The summed E-state index contributed by atoms with van der Waals surface area (Å²) in [6, 6.07) is 6.68. The van der Waals surface area contributed by atoms with E-state index in [1.54, 1.807) is 31.4 Å². The van der Waals surface area contributed by atoms with E-state index < -0.39 is 0 Å². The van der Waals surface area contributed by atoms with E-state index in [1.165, 1.54) is 0 Å². The Morgan fingerprint density at radius 2 is 2.17 bits per heavy atom.